The molecule has 0 heterocycles. The molecule has 0 fully saturated rings. The molecule has 0 unspecified atom stereocenters. The van der Waals surface area contributed by atoms with Crippen LogP contribution in [0.15, 0.2) is 43.1 Å². The summed E-state index contributed by atoms with van der Waals surface area (Å²) in [5.41, 5.74) is 1.22. The minimum Gasteiger partial charge on any atom is -0.349 e. The van der Waals surface area contributed by atoms with Crippen molar-refractivity contribution in [1.82, 2.24) is 0 Å². The Kier molecular flexibility index (Phi) is 3.39. The molecular weight excluding hydrogens is 146 g/mol. The summed E-state index contributed by atoms with van der Waals surface area (Å²) in [4.78, 5) is 2.15. The largest absolute Gasteiger partial charge is 0.349 e. The zero-order chi connectivity index (χ0) is 8.81. The lowest BCUT2D eigenvalue weighted by Gasteiger charge is -2.18. The Morgan fingerprint density at radius 1 is 1.33 bits per heavy atom. The maximum atomic E-state index is 3.78. The normalized spacial score (nSPS) is 9.42. The molecule has 0 bridgehead atoms. The SMILES string of the molecule is C=CN(CCC)c1ccccc1. The molecule has 1 nitrogen and oxygen atoms in total. The van der Waals surface area contributed by atoms with Crippen LogP contribution < -0.4 is 4.90 Å². The van der Waals surface area contributed by atoms with Crippen LogP contribution in [0.25, 0.3) is 0 Å². The number of hydrogen-bond donors (Lipinski definition) is 0. The molecule has 0 amide bonds. The summed E-state index contributed by atoms with van der Waals surface area (Å²) >= 11 is 0. The third-order valence-corrected chi connectivity index (χ3v) is 1.77. The predicted octanol–water partition coefficient (Wildman–Crippen LogP) is 3.05. The maximum Gasteiger partial charge on any atom is 0.0405 e. The first-order chi connectivity index (χ1) is 5.88. The van der Waals surface area contributed by atoms with Crippen molar-refractivity contribution in [3.05, 3.63) is 43.1 Å². The van der Waals surface area contributed by atoms with Crippen LogP contribution in [0.5, 0.6) is 0 Å². The second-order valence-corrected chi connectivity index (χ2v) is 2.71. The Hall–Kier alpha value is -1.24. The van der Waals surface area contributed by atoms with Gasteiger partial charge in [0.25, 0.3) is 0 Å². The molecule has 0 saturated heterocycles. The van der Waals surface area contributed by atoms with Gasteiger partial charge in [-0.15, -0.1) is 0 Å². The van der Waals surface area contributed by atoms with Gasteiger partial charge in [0.15, 0.2) is 0 Å². The van der Waals surface area contributed by atoms with E-state index in [9.17, 15) is 0 Å². The molecule has 1 aromatic rings. The molecule has 0 aliphatic heterocycles. The van der Waals surface area contributed by atoms with Crippen molar-refractivity contribution in [2.45, 2.75) is 13.3 Å². The van der Waals surface area contributed by atoms with Crippen molar-refractivity contribution < 1.29 is 0 Å². The van der Waals surface area contributed by atoms with Gasteiger partial charge in [0.05, 0.1) is 0 Å². The monoisotopic (exact) mass is 161 g/mol. The third kappa shape index (κ3) is 2.12. The molecule has 0 aliphatic carbocycles. The average molecular weight is 161 g/mol. The first-order valence-corrected chi connectivity index (χ1v) is 4.32. The fourth-order valence-electron chi connectivity index (χ4n) is 1.19. The summed E-state index contributed by atoms with van der Waals surface area (Å²) in [6, 6.07) is 10.3. The first-order valence-electron chi connectivity index (χ1n) is 4.32. The van der Waals surface area contributed by atoms with Crippen LogP contribution in [0.1, 0.15) is 13.3 Å². The van der Waals surface area contributed by atoms with Gasteiger partial charge in [-0.25, -0.2) is 0 Å². The Morgan fingerprint density at radius 2 is 2.00 bits per heavy atom. The van der Waals surface area contributed by atoms with Gasteiger partial charge in [0, 0.05) is 12.2 Å². The number of para-hydroxylation sites is 1. The van der Waals surface area contributed by atoms with Crippen LogP contribution in [0.2, 0.25) is 0 Å². The molecule has 64 valence electrons. The number of nitrogens with zero attached hydrogens (tertiary/aromatic N) is 1. The zero-order valence-electron chi connectivity index (χ0n) is 7.53. The van der Waals surface area contributed by atoms with Crippen LogP contribution in [0.4, 0.5) is 5.69 Å². The molecule has 12 heavy (non-hydrogen) atoms. The highest BCUT2D eigenvalue weighted by molar-refractivity contribution is 5.48. The molecule has 0 saturated carbocycles. The average Bonchev–Trinajstić information content (AvgIpc) is 2.15. The molecule has 0 atom stereocenters. The van der Waals surface area contributed by atoms with E-state index >= 15 is 0 Å². The minimum absolute atomic E-state index is 1.04. The zero-order valence-corrected chi connectivity index (χ0v) is 7.53. The van der Waals surface area contributed by atoms with Crippen LogP contribution >= 0.6 is 0 Å². The lowest BCUT2D eigenvalue weighted by Crippen LogP contribution is -2.15. The van der Waals surface area contributed by atoms with E-state index in [-0.39, 0.29) is 0 Å². The van der Waals surface area contributed by atoms with Crippen molar-refractivity contribution in [3.63, 3.8) is 0 Å². The molecule has 0 radical (unpaired) electrons. The smallest absolute Gasteiger partial charge is 0.0405 e. The Balaban J connectivity index is 2.73. The molecule has 1 aromatic carbocycles. The topological polar surface area (TPSA) is 3.24 Å². The number of anilines is 1. The van der Waals surface area contributed by atoms with E-state index in [1.54, 1.807) is 0 Å². The summed E-state index contributed by atoms with van der Waals surface area (Å²) in [7, 11) is 0. The highest BCUT2D eigenvalue weighted by Gasteiger charge is 1.97. The first kappa shape index (κ1) is 8.85. The van der Waals surface area contributed by atoms with Gasteiger partial charge in [-0.05, 0) is 24.8 Å². The van der Waals surface area contributed by atoms with Crippen molar-refractivity contribution in [2.75, 3.05) is 11.4 Å². The van der Waals surface area contributed by atoms with E-state index in [0.717, 1.165) is 13.0 Å². The minimum atomic E-state index is 1.04. The number of rotatable bonds is 4. The van der Waals surface area contributed by atoms with Crippen molar-refractivity contribution in [1.29, 1.82) is 0 Å². The van der Waals surface area contributed by atoms with E-state index in [1.807, 2.05) is 24.4 Å². The molecule has 0 aliphatic rings. The predicted molar refractivity (Wildman–Crippen MR) is 54.3 cm³/mol. The standard InChI is InChI=1S/C11H15N/c1-3-10-12(4-2)11-8-6-5-7-9-11/h4-9H,2-3,10H2,1H3. The quantitative estimate of drug-likeness (QED) is 0.656. The number of benzene rings is 1. The fourth-order valence-corrected chi connectivity index (χ4v) is 1.19. The van der Waals surface area contributed by atoms with Crippen LogP contribution in [-0.4, -0.2) is 6.54 Å². The van der Waals surface area contributed by atoms with E-state index in [0.29, 0.717) is 0 Å². The molecule has 1 rings (SSSR count). The molecule has 0 N–H and O–H groups in total. The van der Waals surface area contributed by atoms with Gasteiger partial charge in [-0.1, -0.05) is 31.7 Å². The van der Waals surface area contributed by atoms with E-state index in [1.165, 1.54) is 5.69 Å². The summed E-state index contributed by atoms with van der Waals surface area (Å²) in [6.45, 7) is 6.98. The van der Waals surface area contributed by atoms with Crippen LogP contribution in [0, 0.1) is 0 Å². The van der Waals surface area contributed by atoms with Crippen LogP contribution in [-0.2, 0) is 0 Å². The molecule has 0 spiro atoms. The highest BCUT2D eigenvalue weighted by atomic mass is 15.1. The van der Waals surface area contributed by atoms with Crippen LogP contribution in [0.3, 0.4) is 0 Å². The van der Waals surface area contributed by atoms with Gasteiger partial charge in [0.1, 0.15) is 0 Å². The van der Waals surface area contributed by atoms with Crippen molar-refractivity contribution in [2.24, 2.45) is 0 Å². The third-order valence-electron chi connectivity index (χ3n) is 1.77. The Bertz CT molecular complexity index is 228. The molecule has 0 aromatic heterocycles. The molecular formula is C11H15N. The molecule has 1 heteroatoms. The highest BCUT2D eigenvalue weighted by Crippen LogP contribution is 2.12. The van der Waals surface area contributed by atoms with E-state index in [4.69, 9.17) is 0 Å². The summed E-state index contributed by atoms with van der Waals surface area (Å²) in [6.07, 6.45) is 3.01. The fraction of sp³-hybridized carbons (Fsp3) is 0.273. The summed E-state index contributed by atoms with van der Waals surface area (Å²) in [5.74, 6) is 0. The Morgan fingerprint density at radius 3 is 2.50 bits per heavy atom. The second-order valence-electron chi connectivity index (χ2n) is 2.71. The second kappa shape index (κ2) is 4.60. The maximum absolute atomic E-state index is 3.78. The summed E-state index contributed by atoms with van der Waals surface area (Å²) in [5, 5.41) is 0. The van der Waals surface area contributed by atoms with Crippen molar-refractivity contribution >= 4 is 5.69 Å². The Labute approximate surface area is 74.3 Å². The summed E-state index contributed by atoms with van der Waals surface area (Å²) < 4.78 is 0. The number of hydrogen-bond acceptors (Lipinski definition) is 1. The van der Waals surface area contributed by atoms with Gasteiger partial charge >= 0.3 is 0 Å². The van der Waals surface area contributed by atoms with E-state index in [2.05, 4.69) is 30.5 Å². The van der Waals surface area contributed by atoms with E-state index < -0.39 is 0 Å². The van der Waals surface area contributed by atoms with Gasteiger partial charge in [-0.2, -0.15) is 0 Å². The van der Waals surface area contributed by atoms with Gasteiger partial charge in [-0.3, -0.25) is 0 Å². The van der Waals surface area contributed by atoms with Gasteiger partial charge in [0.2, 0.25) is 0 Å². The lowest BCUT2D eigenvalue weighted by molar-refractivity contribution is 0.881. The van der Waals surface area contributed by atoms with Crippen molar-refractivity contribution in [3.8, 4) is 0 Å². The lowest BCUT2D eigenvalue weighted by atomic mass is 10.3. The van der Waals surface area contributed by atoms with Gasteiger partial charge < -0.3 is 4.90 Å².